The molecule has 0 aromatic carbocycles. The van der Waals surface area contributed by atoms with Crippen LogP contribution >= 0.6 is 0 Å². The smallest absolute Gasteiger partial charge is 0.143 e. The van der Waals surface area contributed by atoms with Crippen LogP contribution in [0.2, 0.25) is 0 Å². The second-order valence-electron chi connectivity index (χ2n) is 3.64. The molecule has 3 rings (SSSR count). The molecule has 2 aliphatic rings. The van der Waals surface area contributed by atoms with Crippen molar-refractivity contribution in [3.63, 3.8) is 0 Å². The molecule has 1 aromatic heterocycles. The van der Waals surface area contributed by atoms with Crippen LogP contribution in [0.4, 0.5) is 4.39 Å². The minimum atomic E-state index is -0.980. The summed E-state index contributed by atoms with van der Waals surface area (Å²) in [5.41, 5.74) is 1.76. The fourth-order valence-corrected chi connectivity index (χ4v) is 2.25. The lowest BCUT2D eigenvalue weighted by atomic mass is 10.1. The van der Waals surface area contributed by atoms with Gasteiger partial charge in [-0.3, -0.25) is 5.10 Å². The molecule has 1 fully saturated rings. The zero-order valence-electron chi connectivity index (χ0n) is 6.32. The van der Waals surface area contributed by atoms with E-state index in [1.807, 2.05) is 6.92 Å². The third-order valence-electron chi connectivity index (χ3n) is 2.91. The Balaban J connectivity index is 2.28. The number of nitrogens with one attached hydrogen (secondary N) is 1. The first-order chi connectivity index (χ1) is 5.22. The van der Waals surface area contributed by atoms with Crippen molar-refractivity contribution in [2.45, 2.75) is 25.4 Å². The summed E-state index contributed by atoms with van der Waals surface area (Å²) < 4.78 is 13.7. The maximum atomic E-state index is 13.7. The lowest BCUT2D eigenvalue weighted by molar-refractivity contribution is 0.300. The number of aromatic nitrogens is 2. The highest BCUT2D eigenvalue weighted by Crippen LogP contribution is 2.63. The fourth-order valence-electron chi connectivity index (χ4n) is 2.25. The van der Waals surface area contributed by atoms with E-state index in [4.69, 9.17) is 0 Å². The summed E-state index contributed by atoms with van der Waals surface area (Å²) in [6.45, 7) is 1.90. The molecule has 58 valence electrons. The van der Waals surface area contributed by atoms with E-state index in [2.05, 4.69) is 10.2 Å². The predicted molar refractivity (Wildman–Crippen MR) is 37.9 cm³/mol. The normalized spacial score (nSPS) is 38.5. The Bertz CT molecular complexity index is 331. The van der Waals surface area contributed by atoms with E-state index in [1.165, 1.54) is 0 Å². The van der Waals surface area contributed by atoms with Crippen LogP contribution in [0, 0.1) is 12.8 Å². The van der Waals surface area contributed by atoms with Crippen LogP contribution in [0.5, 0.6) is 0 Å². The number of aryl methyl sites for hydroxylation is 1. The Morgan fingerprint density at radius 1 is 1.73 bits per heavy atom. The number of hydrogen-bond donors (Lipinski definition) is 1. The first-order valence-corrected chi connectivity index (χ1v) is 3.95. The molecule has 2 aliphatic carbocycles. The highest BCUT2D eigenvalue weighted by Gasteiger charge is 2.63. The first-order valence-electron chi connectivity index (χ1n) is 3.95. The Hall–Kier alpha value is -0.860. The molecule has 1 heterocycles. The van der Waals surface area contributed by atoms with Crippen LogP contribution in [-0.2, 0) is 12.1 Å². The van der Waals surface area contributed by atoms with Gasteiger partial charge in [0.2, 0.25) is 0 Å². The quantitative estimate of drug-likeness (QED) is 0.599. The monoisotopic (exact) mass is 152 g/mol. The summed E-state index contributed by atoms with van der Waals surface area (Å²) in [6.07, 6.45) is 1.57. The van der Waals surface area contributed by atoms with E-state index < -0.39 is 5.67 Å². The summed E-state index contributed by atoms with van der Waals surface area (Å²) >= 11 is 0. The molecule has 2 atom stereocenters. The number of alkyl halides is 1. The summed E-state index contributed by atoms with van der Waals surface area (Å²) in [7, 11) is 0. The van der Waals surface area contributed by atoms with E-state index in [0.29, 0.717) is 0 Å². The van der Waals surface area contributed by atoms with Gasteiger partial charge in [-0.1, -0.05) is 0 Å². The second-order valence-corrected chi connectivity index (χ2v) is 3.64. The topological polar surface area (TPSA) is 28.7 Å². The van der Waals surface area contributed by atoms with Gasteiger partial charge in [0.1, 0.15) is 5.67 Å². The molecule has 0 spiro atoms. The molecule has 0 aliphatic heterocycles. The van der Waals surface area contributed by atoms with Crippen molar-refractivity contribution in [1.82, 2.24) is 10.2 Å². The summed E-state index contributed by atoms with van der Waals surface area (Å²) in [6, 6.07) is 0. The van der Waals surface area contributed by atoms with Gasteiger partial charge in [0.15, 0.2) is 0 Å². The molecule has 1 saturated carbocycles. The number of halogens is 1. The number of hydrogen-bond acceptors (Lipinski definition) is 1. The number of fused-ring (bicyclic) bond motifs is 3. The van der Waals surface area contributed by atoms with Gasteiger partial charge in [0.05, 0.1) is 5.69 Å². The minimum Gasteiger partial charge on any atom is -0.282 e. The third-order valence-corrected chi connectivity index (χ3v) is 2.91. The Kier molecular flexibility index (Phi) is 0.708. The molecule has 0 radical (unpaired) electrons. The molecule has 0 bridgehead atoms. The third kappa shape index (κ3) is 0.481. The molecule has 0 saturated heterocycles. The molecule has 3 heteroatoms. The van der Waals surface area contributed by atoms with Gasteiger partial charge in [-0.05, 0) is 19.8 Å². The number of nitrogens with zero attached hydrogens (tertiary/aromatic N) is 1. The lowest BCUT2D eigenvalue weighted by Crippen LogP contribution is -1.97. The zero-order valence-corrected chi connectivity index (χ0v) is 6.32. The number of rotatable bonds is 0. The van der Waals surface area contributed by atoms with Gasteiger partial charge in [-0.2, -0.15) is 5.10 Å². The van der Waals surface area contributed by atoms with E-state index in [1.54, 1.807) is 0 Å². The maximum Gasteiger partial charge on any atom is 0.143 e. The molecule has 1 aromatic rings. The molecule has 1 N–H and O–H groups in total. The van der Waals surface area contributed by atoms with Crippen LogP contribution in [0.3, 0.4) is 0 Å². The number of aromatic amines is 1. The van der Waals surface area contributed by atoms with Crippen LogP contribution < -0.4 is 0 Å². The summed E-state index contributed by atoms with van der Waals surface area (Å²) in [5, 5.41) is 6.89. The predicted octanol–water partition coefficient (Wildman–Crippen LogP) is 1.46. The van der Waals surface area contributed by atoms with E-state index >= 15 is 0 Å². The van der Waals surface area contributed by atoms with Crippen molar-refractivity contribution < 1.29 is 4.39 Å². The van der Waals surface area contributed by atoms with Crippen molar-refractivity contribution >= 4 is 0 Å². The largest absolute Gasteiger partial charge is 0.282 e. The van der Waals surface area contributed by atoms with Gasteiger partial charge in [0, 0.05) is 17.2 Å². The molecular weight excluding hydrogens is 143 g/mol. The Labute approximate surface area is 63.8 Å². The van der Waals surface area contributed by atoms with Crippen LogP contribution in [0.1, 0.15) is 23.4 Å². The lowest BCUT2D eigenvalue weighted by Gasteiger charge is -1.99. The average molecular weight is 152 g/mol. The van der Waals surface area contributed by atoms with Crippen molar-refractivity contribution in [2.75, 3.05) is 0 Å². The highest BCUT2D eigenvalue weighted by atomic mass is 19.1. The van der Waals surface area contributed by atoms with Gasteiger partial charge < -0.3 is 0 Å². The Morgan fingerprint density at radius 2 is 2.55 bits per heavy atom. The van der Waals surface area contributed by atoms with Crippen molar-refractivity contribution in [3.05, 3.63) is 17.0 Å². The fraction of sp³-hybridized carbons (Fsp3) is 0.625. The molecule has 11 heavy (non-hydrogen) atoms. The van der Waals surface area contributed by atoms with E-state index in [9.17, 15) is 4.39 Å². The van der Waals surface area contributed by atoms with Gasteiger partial charge >= 0.3 is 0 Å². The van der Waals surface area contributed by atoms with Crippen molar-refractivity contribution in [2.24, 2.45) is 5.92 Å². The standard InChI is InChI=1S/C8H9FN2/c1-4-7-6(11-10-4)2-5-3-8(5,7)9/h5H,2-3H2,1H3,(H,10,11). The highest BCUT2D eigenvalue weighted by molar-refractivity contribution is 5.43. The summed E-state index contributed by atoms with van der Waals surface area (Å²) in [5.74, 6) is 0.258. The minimum absolute atomic E-state index is 0.258. The van der Waals surface area contributed by atoms with E-state index in [-0.39, 0.29) is 5.92 Å². The first kappa shape index (κ1) is 5.75. The molecule has 2 unspecified atom stereocenters. The van der Waals surface area contributed by atoms with Crippen LogP contribution in [-0.4, -0.2) is 10.2 Å². The maximum absolute atomic E-state index is 13.7. The summed E-state index contributed by atoms with van der Waals surface area (Å²) in [4.78, 5) is 0. The van der Waals surface area contributed by atoms with Gasteiger partial charge in [-0.15, -0.1) is 0 Å². The van der Waals surface area contributed by atoms with Crippen LogP contribution in [0.15, 0.2) is 0 Å². The van der Waals surface area contributed by atoms with E-state index in [0.717, 1.165) is 29.8 Å². The average Bonchev–Trinajstić information content (AvgIpc) is 2.39. The van der Waals surface area contributed by atoms with Crippen molar-refractivity contribution in [1.29, 1.82) is 0 Å². The number of H-pyrrole nitrogens is 1. The van der Waals surface area contributed by atoms with Gasteiger partial charge in [0.25, 0.3) is 0 Å². The molecular formula is C8H9FN2. The zero-order chi connectivity index (χ0) is 7.64. The molecule has 0 amide bonds. The second kappa shape index (κ2) is 1.36. The van der Waals surface area contributed by atoms with Crippen LogP contribution in [0.25, 0.3) is 0 Å². The molecule has 2 nitrogen and oxygen atoms in total. The van der Waals surface area contributed by atoms with Gasteiger partial charge in [-0.25, -0.2) is 4.39 Å². The SMILES string of the molecule is Cc1[nH]nc2c1C1(F)CC1C2. The van der Waals surface area contributed by atoms with Crippen molar-refractivity contribution in [3.8, 4) is 0 Å². The Morgan fingerprint density at radius 3 is 3.27 bits per heavy atom.